The molecule has 0 saturated heterocycles. The Morgan fingerprint density at radius 3 is 3.30 bits per heavy atom. The van der Waals surface area contributed by atoms with Crippen LogP contribution in [0.1, 0.15) is 6.42 Å². The number of fused-ring (bicyclic) bond motifs is 1. The van der Waals surface area contributed by atoms with Crippen molar-refractivity contribution >= 4 is 12.1 Å². The molecule has 0 aromatic heterocycles. The molecule has 2 aliphatic heterocycles. The van der Waals surface area contributed by atoms with Gasteiger partial charge < -0.3 is 0 Å². The highest BCUT2D eigenvalue weighted by Gasteiger charge is 2.17. The van der Waals surface area contributed by atoms with E-state index < -0.39 is 0 Å². The van der Waals surface area contributed by atoms with Crippen LogP contribution in [0, 0.1) is 0 Å². The van der Waals surface area contributed by atoms with Crippen LogP contribution >= 0.6 is 0 Å². The number of amidine groups is 1. The summed E-state index contributed by atoms with van der Waals surface area (Å²) in [5, 5.41) is 5.82. The minimum atomic E-state index is 0.823. The Morgan fingerprint density at radius 1 is 1.60 bits per heavy atom. The van der Waals surface area contributed by atoms with Crippen LogP contribution in [-0.2, 0) is 0 Å². The van der Waals surface area contributed by atoms with Gasteiger partial charge in [-0.15, -0.1) is 0 Å². The maximum atomic E-state index is 4.12. The Kier molecular flexibility index (Phi) is 0.974. The predicted octanol–water partition coefficient (Wildman–Crippen LogP) is 1.12. The Balaban J connectivity index is 2.40. The van der Waals surface area contributed by atoms with Crippen molar-refractivity contribution in [2.75, 3.05) is 0 Å². The number of aliphatic imine (C=N–C) groups is 1. The normalized spacial score (nSPS) is 21.4. The second-order valence-corrected chi connectivity index (χ2v) is 2.17. The van der Waals surface area contributed by atoms with Gasteiger partial charge in [-0.3, -0.25) is 0 Å². The molecule has 0 atom stereocenters. The van der Waals surface area contributed by atoms with E-state index >= 15 is 0 Å². The smallest absolute Gasteiger partial charge is 0.135 e. The average Bonchev–Trinajstić information content (AvgIpc) is 2.36. The van der Waals surface area contributed by atoms with Gasteiger partial charge in [0, 0.05) is 18.8 Å². The molecule has 0 unspecified atom stereocenters. The predicted molar refractivity (Wildman–Crippen MR) is 40.7 cm³/mol. The van der Waals surface area contributed by atoms with E-state index in [4.69, 9.17) is 0 Å². The lowest BCUT2D eigenvalue weighted by Gasteiger charge is -2.16. The summed E-state index contributed by atoms with van der Waals surface area (Å²) >= 11 is 0. The van der Waals surface area contributed by atoms with Gasteiger partial charge in [-0.25, -0.2) is 10.0 Å². The van der Waals surface area contributed by atoms with Gasteiger partial charge in [0.15, 0.2) is 0 Å². The molecule has 2 rings (SSSR count). The molecule has 3 nitrogen and oxygen atoms in total. The molecule has 10 heavy (non-hydrogen) atoms. The summed E-state index contributed by atoms with van der Waals surface area (Å²) < 4.78 is 0. The highest BCUT2D eigenvalue weighted by molar-refractivity contribution is 5.99. The number of hydrazone groups is 1. The lowest BCUT2D eigenvalue weighted by molar-refractivity contribution is 0.578. The van der Waals surface area contributed by atoms with Gasteiger partial charge in [0.1, 0.15) is 5.84 Å². The lowest BCUT2D eigenvalue weighted by Crippen LogP contribution is -2.20. The van der Waals surface area contributed by atoms with Crippen LogP contribution in [0.4, 0.5) is 0 Å². The summed E-state index contributed by atoms with van der Waals surface area (Å²) in [5.41, 5.74) is 0.888. The van der Waals surface area contributed by atoms with Gasteiger partial charge in [-0.05, 0) is 6.08 Å². The van der Waals surface area contributed by atoms with E-state index in [0.717, 1.165) is 18.0 Å². The van der Waals surface area contributed by atoms with Crippen molar-refractivity contribution in [3.05, 3.63) is 24.6 Å². The molecule has 0 spiro atoms. The number of rotatable bonds is 0. The molecule has 0 amide bonds. The highest BCUT2D eigenvalue weighted by Crippen LogP contribution is 2.16. The largest absolute Gasteiger partial charge is 0.241 e. The molecule has 0 radical (unpaired) electrons. The molecule has 3 heteroatoms. The minimum absolute atomic E-state index is 0.823. The van der Waals surface area contributed by atoms with E-state index in [-0.39, 0.29) is 0 Å². The van der Waals surface area contributed by atoms with E-state index in [1.165, 1.54) is 0 Å². The molecule has 2 heterocycles. The second-order valence-electron chi connectivity index (χ2n) is 2.17. The Morgan fingerprint density at radius 2 is 2.50 bits per heavy atom. The SMILES string of the molecule is C=C1C=CN=C2CC=NN12. The Labute approximate surface area is 59.1 Å². The van der Waals surface area contributed by atoms with Crippen molar-refractivity contribution in [3.8, 4) is 0 Å². The number of hydrogen-bond acceptors (Lipinski definition) is 3. The first-order valence-corrected chi connectivity index (χ1v) is 3.12. The molecular weight excluding hydrogens is 126 g/mol. The van der Waals surface area contributed by atoms with Crippen LogP contribution in [0.5, 0.6) is 0 Å². The monoisotopic (exact) mass is 133 g/mol. The first-order chi connectivity index (χ1) is 4.88. The zero-order valence-electron chi connectivity index (χ0n) is 5.49. The van der Waals surface area contributed by atoms with Gasteiger partial charge in [0.05, 0.1) is 5.70 Å². The molecule has 0 fully saturated rings. The van der Waals surface area contributed by atoms with Gasteiger partial charge >= 0.3 is 0 Å². The topological polar surface area (TPSA) is 28.0 Å². The molecule has 0 aliphatic carbocycles. The van der Waals surface area contributed by atoms with Crippen molar-refractivity contribution in [3.63, 3.8) is 0 Å². The van der Waals surface area contributed by atoms with Gasteiger partial charge in [-0.2, -0.15) is 5.10 Å². The van der Waals surface area contributed by atoms with Crippen LogP contribution in [-0.4, -0.2) is 17.1 Å². The summed E-state index contributed by atoms with van der Waals surface area (Å²) in [6, 6.07) is 0. The Hall–Kier alpha value is -1.38. The van der Waals surface area contributed by atoms with Crippen molar-refractivity contribution < 1.29 is 0 Å². The van der Waals surface area contributed by atoms with Crippen LogP contribution in [0.3, 0.4) is 0 Å². The van der Waals surface area contributed by atoms with Crippen LogP contribution in [0.15, 0.2) is 34.6 Å². The summed E-state index contributed by atoms with van der Waals surface area (Å²) in [6.07, 6.45) is 6.25. The molecular formula is C7H7N3. The van der Waals surface area contributed by atoms with Crippen LogP contribution in [0.25, 0.3) is 0 Å². The summed E-state index contributed by atoms with van der Waals surface area (Å²) in [4.78, 5) is 4.12. The molecule has 0 saturated carbocycles. The van der Waals surface area contributed by atoms with Crippen molar-refractivity contribution in [1.82, 2.24) is 5.01 Å². The second kappa shape index (κ2) is 1.80. The third-order valence-electron chi connectivity index (χ3n) is 1.48. The number of nitrogens with zero attached hydrogens (tertiary/aromatic N) is 3. The van der Waals surface area contributed by atoms with E-state index in [0.29, 0.717) is 0 Å². The molecule has 50 valence electrons. The molecule has 0 aromatic rings. The summed E-state index contributed by atoms with van der Waals surface area (Å²) in [6.45, 7) is 3.80. The van der Waals surface area contributed by atoms with Crippen LogP contribution < -0.4 is 0 Å². The number of hydrogen-bond donors (Lipinski definition) is 0. The van der Waals surface area contributed by atoms with Crippen molar-refractivity contribution in [2.24, 2.45) is 10.1 Å². The van der Waals surface area contributed by atoms with E-state index in [1.807, 2.05) is 12.3 Å². The first-order valence-electron chi connectivity index (χ1n) is 3.12. The van der Waals surface area contributed by atoms with Gasteiger partial charge in [0.2, 0.25) is 0 Å². The van der Waals surface area contributed by atoms with Gasteiger partial charge in [0.25, 0.3) is 0 Å². The van der Waals surface area contributed by atoms with Crippen molar-refractivity contribution in [2.45, 2.75) is 6.42 Å². The molecule has 0 N–H and O–H groups in total. The lowest BCUT2D eigenvalue weighted by atomic mass is 10.3. The third kappa shape index (κ3) is 0.603. The quantitative estimate of drug-likeness (QED) is 0.486. The fourth-order valence-electron chi connectivity index (χ4n) is 0.985. The van der Waals surface area contributed by atoms with E-state index in [9.17, 15) is 0 Å². The minimum Gasteiger partial charge on any atom is -0.241 e. The summed E-state index contributed by atoms with van der Waals surface area (Å²) in [5.74, 6) is 0.965. The first kappa shape index (κ1) is 5.41. The van der Waals surface area contributed by atoms with Crippen LogP contribution in [0.2, 0.25) is 0 Å². The third-order valence-corrected chi connectivity index (χ3v) is 1.48. The zero-order valence-corrected chi connectivity index (χ0v) is 5.49. The maximum Gasteiger partial charge on any atom is 0.135 e. The molecule has 0 bridgehead atoms. The van der Waals surface area contributed by atoms with E-state index in [2.05, 4.69) is 16.7 Å². The molecule has 2 aliphatic rings. The Bertz CT molecular complexity index is 260. The zero-order chi connectivity index (χ0) is 6.97. The van der Waals surface area contributed by atoms with Crippen molar-refractivity contribution in [1.29, 1.82) is 0 Å². The summed E-state index contributed by atoms with van der Waals surface area (Å²) in [7, 11) is 0. The highest BCUT2D eigenvalue weighted by atomic mass is 15.5. The maximum absolute atomic E-state index is 4.12. The average molecular weight is 133 g/mol. The van der Waals surface area contributed by atoms with Gasteiger partial charge in [-0.1, -0.05) is 6.58 Å². The fraction of sp³-hybridized carbons (Fsp3) is 0.143. The fourth-order valence-corrected chi connectivity index (χ4v) is 0.985. The molecule has 0 aromatic carbocycles. The van der Waals surface area contributed by atoms with E-state index in [1.54, 1.807) is 11.2 Å². The number of allylic oxidation sites excluding steroid dienone is 1. The standard InChI is InChI=1S/C7H7N3/c1-6-2-4-8-7-3-5-9-10(6)7/h2,4-5H,1,3H2.